The third-order valence-corrected chi connectivity index (χ3v) is 7.56. The molecule has 40 heavy (non-hydrogen) atoms. The van der Waals surface area contributed by atoms with Gasteiger partial charge in [-0.15, -0.1) is 0 Å². The van der Waals surface area contributed by atoms with E-state index in [1.165, 1.54) is 20.6 Å². The molecule has 3 aromatic carbocycles. The summed E-state index contributed by atoms with van der Waals surface area (Å²) in [6.07, 6.45) is 5.13. The molecule has 1 unspecified atom stereocenters. The number of hydrogen-bond donors (Lipinski definition) is 1. The number of carbonyl (C=O) groups is 2. The molecule has 7 heteroatoms. The van der Waals surface area contributed by atoms with Gasteiger partial charge in [0.05, 0.1) is 21.3 Å². The van der Waals surface area contributed by atoms with Gasteiger partial charge >= 0.3 is 0 Å². The van der Waals surface area contributed by atoms with Crippen LogP contribution in [-0.4, -0.2) is 39.2 Å². The molecular weight excluding hydrogens is 504 g/mol. The molecular formula is C33H40N2O5. The predicted molar refractivity (Wildman–Crippen MR) is 158 cm³/mol. The van der Waals surface area contributed by atoms with Crippen molar-refractivity contribution in [2.24, 2.45) is 0 Å². The molecule has 0 saturated heterocycles. The molecule has 0 aliphatic heterocycles. The lowest BCUT2D eigenvalue weighted by molar-refractivity contribution is -0.123. The van der Waals surface area contributed by atoms with Gasteiger partial charge in [-0.3, -0.25) is 14.5 Å². The van der Waals surface area contributed by atoms with Crippen LogP contribution in [-0.2, 0) is 4.79 Å². The molecule has 2 amide bonds. The van der Waals surface area contributed by atoms with Crippen LogP contribution in [0.25, 0.3) is 0 Å². The number of hydrogen-bond acceptors (Lipinski definition) is 5. The largest absolute Gasteiger partial charge is 0.493 e. The molecule has 1 atom stereocenters. The number of ether oxygens (including phenoxy) is 3. The van der Waals surface area contributed by atoms with Crippen molar-refractivity contribution < 1.29 is 23.8 Å². The summed E-state index contributed by atoms with van der Waals surface area (Å²) in [5, 5.41) is 3.26. The molecule has 1 aliphatic rings. The number of nitrogens with zero attached hydrogens (tertiary/aromatic N) is 1. The first-order chi connectivity index (χ1) is 19.4. The van der Waals surface area contributed by atoms with Gasteiger partial charge in [0.1, 0.15) is 6.04 Å². The third kappa shape index (κ3) is 6.24. The number of carbonyl (C=O) groups excluding carboxylic acids is 2. The summed E-state index contributed by atoms with van der Waals surface area (Å²) in [4.78, 5) is 30.2. The van der Waals surface area contributed by atoms with Crippen LogP contribution in [0.15, 0.2) is 66.7 Å². The van der Waals surface area contributed by atoms with Crippen molar-refractivity contribution in [2.45, 2.75) is 64.0 Å². The van der Waals surface area contributed by atoms with Crippen molar-refractivity contribution in [1.29, 1.82) is 0 Å². The average Bonchev–Trinajstić information content (AvgIpc) is 2.99. The van der Waals surface area contributed by atoms with Gasteiger partial charge in [-0.25, -0.2) is 0 Å². The highest BCUT2D eigenvalue weighted by molar-refractivity contribution is 6.10. The van der Waals surface area contributed by atoms with E-state index in [2.05, 4.69) is 19.2 Å². The highest BCUT2D eigenvalue weighted by atomic mass is 16.5. The summed E-state index contributed by atoms with van der Waals surface area (Å²) in [5.41, 5.74) is 2.73. The van der Waals surface area contributed by atoms with E-state index in [0.717, 1.165) is 31.2 Å². The fourth-order valence-electron chi connectivity index (χ4n) is 5.39. The molecule has 212 valence electrons. The van der Waals surface area contributed by atoms with Gasteiger partial charge in [-0.2, -0.15) is 0 Å². The van der Waals surface area contributed by atoms with E-state index in [0.29, 0.717) is 40.0 Å². The number of nitrogens with one attached hydrogen (secondary N) is 1. The first-order valence-electron chi connectivity index (χ1n) is 14.0. The van der Waals surface area contributed by atoms with E-state index in [1.807, 2.05) is 42.5 Å². The summed E-state index contributed by atoms with van der Waals surface area (Å²) in [6, 6.07) is 19.4. The molecule has 0 aromatic heterocycles. The summed E-state index contributed by atoms with van der Waals surface area (Å²) < 4.78 is 17.0. The summed E-state index contributed by atoms with van der Waals surface area (Å²) in [7, 11) is 4.60. The van der Waals surface area contributed by atoms with Gasteiger partial charge in [-0.1, -0.05) is 63.4 Å². The van der Waals surface area contributed by atoms with Crippen LogP contribution in [0.3, 0.4) is 0 Å². The molecule has 4 rings (SSSR count). The van der Waals surface area contributed by atoms with Gasteiger partial charge in [0, 0.05) is 22.9 Å². The van der Waals surface area contributed by atoms with Crippen LogP contribution in [0.4, 0.5) is 5.69 Å². The maximum absolute atomic E-state index is 14.3. The van der Waals surface area contributed by atoms with E-state index in [9.17, 15) is 9.59 Å². The molecule has 0 heterocycles. The van der Waals surface area contributed by atoms with Gasteiger partial charge in [0.25, 0.3) is 5.91 Å². The average molecular weight is 545 g/mol. The number of methoxy groups -OCH3 is 3. The standard InChI is InChI=1S/C33H40N2O5/c1-22(2)23-16-18-26(19-17-23)35(33(37)24-12-8-6-9-13-24)29(32(36)34-25-14-10-7-11-15-25)27-20-21-28(38-3)31(40-5)30(27)39-4/h6,8-9,12-13,16-22,25,29H,7,10-11,14-15H2,1-5H3,(H,34,36). The first-order valence-corrected chi connectivity index (χ1v) is 14.0. The highest BCUT2D eigenvalue weighted by Crippen LogP contribution is 2.45. The Kier molecular flexibility index (Phi) is 9.70. The third-order valence-electron chi connectivity index (χ3n) is 7.56. The minimum Gasteiger partial charge on any atom is -0.493 e. The van der Waals surface area contributed by atoms with E-state index < -0.39 is 6.04 Å². The quantitative estimate of drug-likeness (QED) is 0.308. The van der Waals surface area contributed by atoms with Crippen molar-refractivity contribution >= 4 is 17.5 Å². The van der Waals surface area contributed by atoms with Crippen molar-refractivity contribution in [2.75, 3.05) is 26.2 Å². The minimum atomic E-state index is -1.03. The zero-order valence-corrected chi connectivity index (χ0v) is 24.1. The smallest absolute Gasteiger partial charge is 0.259 e. The van der Waals surface area contributed by atoms with Crippen LogP contribution < -0.4 is 24.4 Å². The number of rotatable bonds is 10. The zero-order chi connectivity index (χ0) is 28.6. The zero-order valence-electron chi connectivity index (χ0n) is 24.1. The second-order valence-corrected chi connectivity index (χ2v) is 10.5. The Balaban J connectivity index is 1.92. The molecule has 1 aliphatic carbocycles. The second kappa shape index (κ2) is 13.4. The van der Waals surface area contributed by atoms with Crippen LogP contribution in [0.1, 0.15) is 79.4 Å². The van der Waals surface area contributed by atoms with Gasteiger partial charge in [0.2, 0.25) is 11.7 Å². The lowest BCUT2D eigenvalue weighted by atomic mass is 9.94. The fourth-order valence-corrected chi connectivity index (χ4v) is 5.39. The molecule has 1 saturated carbocycles. The van der Waals surface area contributed by atoms with Crippen molar-refractivity contribution in [1.82, 2.24) is 5.32 Å². The maximum Gasteiger partial charge on any atom is 0.259 e. The van der Waals surface area contributed by atoms with Gasteiger partial charge in [0.15, 0.2) is 11.5 Å². The van der Waals surface area contributed by atoms with Crippen LogP contribution in [0, 0.1) is 0 Å². The SMILES string of the molecule is COc1ccc(C(C(=O)NC2CCCCC2)N(C(=O)c2ccccc2)c2ccc(C(C)C)cc2)c(OC)c1OC. The lowest BCUT2D eigenvalue weighted by Crippen LogP contribution is -2.47. The second-order valence-electron chi connectivity index (χ2n) is 10.5. The predicted octanol–water partition coefficient (Wildman–Crippen LogP) is 6.67. The van der Waals surface area contributed by atoms with E-state index in [-0.39, 0.29) is 17.9 Å². The lowest BCUT2D eigenvalue weighted by Gasteiger charge is -2.34. The Morgan fingerprint density at radius 1 is 0.800 bits per heavy atom. The minimum absolute atomic E-state index is 0.0480. The monoisotopic (exact) mass is 544 g/mol. The molecule has 3 aromatic rings. The molecule has 1 N–H and O–H groups in total. The van der Waals surface area contributed by atoms with Gasteiger partial charge < -0.3 is 19.5 Å². The molecule has 7 nitrogen and oxygen atoms in total. The fraction of sp³-hybridized carbons (Fsp3) is 0.394. The molecule has 0 bridgehead atoms. The number of anilines is 1. The number of benzene rings is 3. The summed E-state index contributed by atoms with van der Waals surface area (Å²) >= 11 is 0. The van der Waals surface area contributed by atoms with E-state index in [4.69, 9.17) is 14.2 Å². The van der Waals surface area contributed by atoms with Crippen LogP contribution in [0.2, 0.25) is 0 Å². The Labute approximate surface area is 237 Å². The Morgan fingerprint density at radius 2 is 1.45 bits per heavy atom. The van der Waals surface area contributed by atoms with Crippen molar-refractivity contribution in [3.05, 3.63) is 83.4 Å². The van der Waals surface area contributed by atoms with Crippen LogP contribution >= 0.6 is 0 Å². The van der Waals surface area contributed by atoms with Crippen molar-refractivity contribution in [3.8, 4) is 17.2 Å². The Hall–Kier alpha value is -4.00. The Morgan fingerprint density at radius 3 is 2.02 bits per heavy atom. The topological polar surface area (TPSA) is 77.1 Å². The van der Waals surface area contributed by atoms with E-state index >= 15 is 0 Å². The Bertz CT molecular complexity index is 1280. The first kappa shape index (κ1) is 29.0. The molecule has 1 fully saturated rings. The normalized spacial score (nSPS) is 14.3. The van der Waals surface area contributed by atoms with E-state index in [1.54, 1.807) is 36.3 Å². The van der Waals surface area contributed by atoms with Gasteiger partial charge in [-0.05, 0) is 60.7 Å². The number of amides is 2. The molecule has 0 spiro atoms. The molecule has 0 radical (unpaired) electrons. The van der Waals surface area contributed by atoms with Crippen molar-refractivity contribution in [3.63, 3.8) is 0 Å². The van der Waals surface area contributed by atoms with Crippen LogP contribution in [0.5, 0.6) is 17.2 Å². The summed E-state index contributed by atoms with van der Waals surface area (Å²) in [6.45, 7) is 4.24. The maximum atomic E-state index is 14.3. The summed E-state index contributed by atoms with van der Waals surface area (Å²) in [5.74, 6) is 0.934. The highest BCUT2D eigenvalue weighted by Gasteiger charge is 2.38.